The number of hydrogen-bond donors (Lipinski definition) is 0. The van der Waals surface area contributed by atoms with E-state index in [4.69, 9.17) is 0 Å². The van der Waals surface area contributed by atoms with Crippen molar-refractivity contribution < 1.29 is 4.39 Å². The summed E-state index contributed by atoms with van der Waals surface area (Å²) in [6, 6.07) is 11.0. The Hall–Kier alpha value is -1.63. The standard InChI is InChI=1S/C15H13F/c1-10(11-2-3-11)12-4-5-14-9-15(16)7-6-13(14)8-12/h4-9,11H,1-3H2. The average molecular weight is 212 g/mol. The lowest BCUT2D eigenvalue weighted by molar-refractivity contribution is 0.630. The lowest BCUT2D eigenvalue weighted by atomic mass is 9.99. The van der Waals surface area contributed by atoms with Crippen LogP contribution in [0.25, 0.3) is 16.3 Å². The SMILES string of the molecule is C=C(c1ccc2cc(F)ccc2c1)C1CC1. The van der Waals surface area contributed by atoms with Crippen molar-refractivity contribution in [2.24, 2.45) is 5.92 Å². The number of halogens is 1. The number of hydrogen-bond acceptors (Lipinski definition) is 0. The Balaban J connectivity index is 2.08. The van der Waals surface area contributed by atoms with E-state index >= 15 is 0 Å². The van der Waals surface area contributed by atoms with Gasteiger partial charge in [0.05, 0.1) is 0 Å². The minimum absolute atomic E-state index is 0.179. The van der Waals surface area contributed by atoms with E-state index < -0.39 is 0 Å². The zero-order valence-electron chi connectivity index (χ0n) is 9.04. The van der Waals surface area contributed by atoms with Gasteiger partial charge in [-0.3, -0.25) is 0 Å². The van der Waals surface area contributed by atoms with Crippen LogP contribution in [0.15, 0.2) is 43.0 Å². The maximum absolute atomic E-state index is 13.0. The van der Waals surface area contributed by atoms with Crippen molar-refractivity contribution in [3.05, 3.63) is 54.4 Å². The predicted molar refractivity (Wildman–Crippen MR) is 65.7 cm³/mol. The molecule has 0 radical (unpaired) electrons. The maximum Gasteiger partial charge on any atom is 0.123 e. The molecule has 80 valence electrons. The van der Waals surface area contributed by atoms with Gasteiger partial charge >= 0.3 is 0 Å². The second kappa shape index (κ2) is 3.44. The Morgan fingerprint density at radius 2 is 1.75 bits per heavy atom. The highest BCUT2D eigenvalue weighted by Crippen LogP contribution is 2.41. The first kappa shape index (κ1) is 9.59. The largest absolute Gasteiger partial charge is 0.207 e. The summed E-state index contributed by atoms with van der Waals surface area (Å²) >= 11 is 0. The summed E-state index contributed by atoms with van der Waals surface area (Å²) in [4.78, 5) is 0. The molecule has 16 heavy (non-hydrogen) atoms. The van der Waals surface area contributed by atoms with Crippen LogP contribution in [-0.4, -0.2) is 0 Å². The van der Waals surface area contributed by atoms with Gasteiger partial charge in [-0.1, -0.05) is 24.8 Å². The first-order valence-corrected chi connectivity index (χ1v) is 5.62. The third-order valence-electron chi connectivity index (χ3n) is 3.24. The molecule has 0 saturated heterocycles. The molecule has 0 bridgehead atoms. The van der Waals surface area contributed by atoms with E-state index in [1.807, 2.05) is 18.2 Å². The molecule has 1 saturated carbocycles. The number of fused-ring (bicyclic) bond motifs is 1. The summed E-state index contributed by atoms with van der Waals surface area (Å²) in [5.74, 6) is 0.499. The van der Waals surface area contributed by atoms with Crippen LogP contribution in [0, 0.1) is 11.7 Å². The van der Waals surface area contributed by atoms with E-state index in [0.29, 0.717) is 5.92 Å². The zero-order chi connectivity index (χ0) is 11.1. The first-order chi connectivity index (χ1) is 7.74. The Morgan fingerprint density at radius 1 is 1.06 bits per heavy atom. The van der Waals surface area contributed by atoms with Crippen LogP contribution in [0.3, 0.4) is 0 Å². The van der Waals surface area contributed by atoms with E-state index in [-0.39, 0.29) is 5.82 Å². The summed E-state index contributed by atoms with van der Waals surface area (Å²) in [5.41, 5.74) is 2.42. The van der Waals surface area contributed by atoms with Crippen molar-refractivity contribution in [1.82, 2.24) is 0 Å². The summed E-state index contributed by atoms with van der Waals surface area (Å²) in [7, 11) is 0. The molecule has 0 aliphatic heterocycles. The molecule has 0 aromatic heterocycles. The number of allylic oxidation sites excluding steroid dienone is 1. The maximum atomic E-state index is 13.0. The van der Waals surface area contributed by atoms with Crippen molar-refractivity contribution in [3.8, 4) is 0 Å². The van der Waals surface area contributed by atoms with E-state index in [0.717, 1.165) is 10.8 Å². The van der Waals surface area contributed by atoms with Gasteiger partial charge in [0.25, 0.3) is 0 Å². The Kier molecular flexibility index (Phi) is 2.06. The average Bonchev–Trinajstić information content (AvgIpc) is 3.11. The Bertz CT molecular complexity index is 565. The van der Waals surface area contributed by atoms with E-state index in [1.165, 1.54) is 30.0 Å². The van der Waals surface area contributed by atoms with Gasteiger partial charge in [0.1, 0.15) is 5.82 Å². The zero-order valence-corrected chi connectivity index (χ0v) is 9.04. The van der Waals surface area contributed by atoms with Crippen molar-refractivity contribution >= 4 is 16.3 Å². The normalized spacial score (nSPS) is 15.3. The molecule has 2 aromatic rings. The molecule has 1 fully saturated rings. The lowest BCUT2D eigenvalue weighted by Crippen LogP contribution is -1.85. The summed E-state index contributed by atoms with van der Waals surface area (Å²) in [6.45, 7) is 4.14. The molecule has 0 atom stereocenters. The van der Waals surface area contributed by atoms with E-state index in [9.17, 15) is 4.39 Å². The van der Waals surface area contributed by atoms with Crippen LogP contribution < -0.4 is 0 Å². The van der Waals surface area contributed by atoms with Gasteiger partial charge in [-0.2, -0.15) is 0 Å². The molecular formula is C15H13F. The fourth-order valence-electron chi connectivity index (χ4n) is 2.08. The van der Waals surface area contributed by atoms with Gasteiger partial charge in [-0.05, 0) is 58.9 Å². The minimum atomic E-state index is -0.179. The molecular weight excluding hydrogens is 199 g/mol. The highest BCUT2D eigenvalue weighted by molar-refractivity contribution is 5.86. The number of rotatable bonds is 2. The molecule has 1 aliphatic carbocycles. The second-order valence-electron chi connectivity index (χ2n) is 4.51. The molecule has 0 nitrogen and oxygen atoms in total. The quantitative estimate of drug-likeness (QED) is 0.692. The van der Waals surface area contributed by atoms with E-state index in [2.05, 4.69) is 12.6 Å². The van der Waals surface area contributed by atoms with Gasteiger partial charge in [-0.15, -0.1) is 0 Å². The smallest absolute Gasteiger partial charge is 0.123 e. The van der Waals surface area contributed by atoms with Crippen LogP contribution in [0.1, 0.15) is 18.4 Å². The fourth-order valence-corrected chi connectivity index (χ4v) is 2.08. The molecule has 0 N–H and O–H groups in total. The molecule has 0 heterocycles. The molecule has 0 spiro atoms. The molecule has 1 aliphatic rings. The highest BCUT2D eigenvalue weighted by atomic mass is 19.1. The minimum Gasteiger partial charge on any atom is -0.207 e. The van der Waals surface area contributed by atoms with Crippen molar-refractivity contribution in [2.45, 2.75) is 12.8 Å². The van der Waals surface area contributed by atoms with Gasteiger partial charge in [0, 0.05) is 0 Å². The van der Waals surface area contributed by atoms with Crippen LogP contribution in [0.4, 0.5) is 4.39 Å². The fraction of sp³-hybridized carbons (Fsp3) is 0.200. The Labute approximate surface area is 94.4 Å². The van der Waals surface area contributed by atoms with Crippen LogP contribution in [0.5, 0.6) is 0 Å². The second-order valence-corrected chi connectivity index (χ2v) is 4.51. The van der Waals surface area contributed by atoms with Gasteiger partial charge < -0.3 is 0 Å². The van der Waals surface area contributed by atoms with Crippen LogP contribution in [-0.2, 0) is 0 Å². The summed E-state index contributed by atoms with van der Waals surface area (Å²) in [5, 5.41) is 2.04. The van der Waals surface area contributed by atoms with Crippen molar-refractivity contribution in [2.75, 3.05) is 0 Å². The van der Waals surface area contributed by atoms with Crippen molar-refractivity contribution in [3.63, 3.8) is 0 Å². The monoisotopic (exact) mass is 212 g/mol. The van der Waals surface area contributed by atoms with Gasteiger partial charge in [-0.25, -0.2) is 4.39 Å². The third kappa shape index (κ3) is 1.63. The lowest BCUT2D eigenvalue weighted by Gasteiger charge is -2.06. The molecule has 3 rings (SSSR count). The molecule has 1 heteroatoms. The third-order valence-corrected chi connectivity index (χ3v) is 3.24. The molecule has 2 aromatic carbocycles. The van der Waals surface area contributed by atoms with Gasteiger partial charge in [0.2, 0.25) is 0 Å². The topological polar surface area (TPSA) is 0 Å². The first-order valence-electron chi connectivity index (χ1n) is 5.62. The van der Waals surface area contributed by atoms with E-state index in [1.54, 1.807) is 6.07 Å². The molecule has 0 amide bonds. The predicted octanol–water partition coefficient (Wildman–Crippen LogP) is 4.40. The summed E-state index contributed by atoms with van der Waals surface area (Å²) < 4.78 is 13.0. The van der Waals surface area contributed by atoms with Crippen molar-refractivity contribution in [1.29, 1.82) is 0 Å². The molecule has 0 unspecified atom stereocenters. The van der Waals surface area contributed by atoms with Crippen LogP contribution >= 0.6 is 0 Å². The summed E-state index contributed by atoms with van der Waals surface area (Å²) in [6.07, 6.45) is 2.53. The Morgan fingerprint density at radius 3 is 2.50 bits per heavy atom. The number of benzene rings is 2. The van der Waals surface area contributed by atoms with Gasteiger partial charge in [0.15, 0.2) is 0 Å². The highest BCUT2D eigenvalue weighted by Gasteiger charge is 2.25. The van der Waals surface area contributed by atoms with Crippen LogP contribution in [0.2, 0.25) is 0 Å².